The van der Waals surface area contributed by atoms with Crippen molar-refractivity contribution in [3.63, 3.8) is 0 Å². The van der Waals surface area contributed by atoms with Crippen LogP contribution in [-0.4, -0.2) is 23.2 Å². The van der Waals surface area contributed by atoms with Gasteiger partial charge in [0.25, 0.3) is 0 Å². The minimum absolute atomic E-state index is 0.161. The number of amides is 1. The van der Waals surface area contributed by atoms with Crippen LogP contribution in [-0.2, 0) is 4.79 Å². The number of aliphatic hydroxyl groups is 1. The van der Waals surface area contributed by atoms with Gasteiger partial charge in [-0.2, -0.15) is 0 Å². The summed E-state index contributed by atoms with van der Waals surface area (Å²) < 4.78 is 0. The van der Waals surface area contributed by atoms with Crippen LogP contribution in [0.5, 0.6) is 0 Å². The second-order valence-corrected chi connectivity index (χ2v) is 7.19. The van der Waals surface area contributed by atoms with Crippen LogP contribution in [0.1, 0.15) is 72.1 Å². The zero-order chi connectivity index (χ0) is 21.6. The topological polar surface area (TPSA) is 49.3 Å². The zero-order valence-electron chi connectivity index (χ0n) is 18.6. The van der Waals surface area contributed by atoms with Gasteiger partial charge in [-0.3, -0.25) is 4.79 Å². The van der Waals surface area contributed by atoms with E-state index in [1.54, 1.807) is 6.08 Å². The lowest BCUT2D eigenvalue weighted by atomic mass is 9.93. The molecule has 0 radical (unpaired) electrons. The molecule has 3 heteroatoms. The predicted octanol–water partition coefficient (Wildman–Crippen LogP) is 6.35. The first-order chi connectivity index (χ1) is 14.1. The normalized spacial score (nSPS) is 15.0. The first kappa shape index (κ1) is 26.9. The minimum atomic E-state index is -0.795. The summed E-state index contributed by atoms with van der Waals surface area (Å²) in [6.45, 7) is 6.44. The fraction of sp³-hybridized carbons (Fsp3) is 0.500. The smallest absolute Gasteiger partial charge is 0.244 e. The molecule has 1 amide bonds. The van der Waals surface area contributed by atoms with Crippen LogP contribution >= 0.6 is 0 Å². The Kier molecular flexibility index (Phi) is 17.8. The summed E-state index contributed by atoms with van der Waals surface area (Å²) >= 11 is 0. The Morgan fingerprint density at radius 2 is 1.48 bits per heavy atom. The van der Waals surface area contributed by atoms with Gasteiger partial charge in [-0.25, -0.2) is 0 Å². The lowest BCUT2D eigenvalue weighted by Crippen LogP contribution is -2.42. The van der Waals surface area contributed by atoms with Gasteiger partial charge >= 0.3 is 0 Å². The molecular weight excluding hydrogens is 358 g/mol. The summed E-state index contributed by atoms with van der Waals surface area (Å²) in [4.78, 5) is 11.9. The molecule has 0 bridgehead atoms. The Morgan fingerprint density at radius 1 is 0.862 bits per heavy atom. The molecular formula is C26H41NO2. The summed E-state index contributed by atoms with van der Waals surface area (Å²) in [5, 5.41) is 13.4. The maximum absolute atomic E-state index is 11.9. The highest BCUT2D eigenvalue weighted by molar-refractivity contribution is 5.87. The number of hydrogen-bond donors (Lipinski definition) is 2. The van der Waals surface area contributed by atoms with Crippen molar-refractivity contribution in [2.24, 2.45) is 0 Å². The van der Waals surface area contributed by atoms with Crippen molar-refractivity contribution < 1.29 is 9.90 Å². The zero-order valence-corrected chi connectivity index (χ0v) is 18.6. The number of hydrogen-bond acceptors (Lipinski definition) is 2. The monoisotopic (exact) mass is 399 g/mol. The van der Waals surface area contributed by atoms with Gasteiger partial charge in [0.15, 0.2) is 0 Å². The van der Waals surface area contributed by atoms with Crippen LogP contribution < -0.4 is 5.32 Å². The number of carbonyl (C=O) groups excluding carboxylic acids is 1. The lowest BCUT2D eigenvalue weighted by molar-refractivity contribution is -0.117. The third-order valence-electron chi connectivity index (χ3n) is 4.62. The Labute approximate surface area is 178 Å². The molecule has 0 heterocycles. The van der Waals surface area contributed by atoms with Crippen molar-refractivity contribution in [2.45, 2.75) is 77.7 Å². The summed E-state index contributed by atoms with van der Waals surface area (Å²) in [7, 11) is 0. The molecule has 3 nitrogen and oxygen atoms in total. The fourth-order valence-electron chi connectivity index (χ4n) is 2.63. The van der Waals surface area contributed by atoms with E-state index >= 15 is 0 Å². The summed E-state index contributed by atoms with van der Waals surface area (Å²) in [5.74, 6) is -0.161. The van der Waals surface area contributed by atoms with E-state index in [1.807, 2.05) is 68.5 Å². The van der Waals surface area contributed by atoms with E-state index in [9.17, 15) is 9.90 Å². The van der Waals surface area contributed by atoms with E-state index in [4.69, 9.17) is 0 Å². The van der Waals surface area contributed by atoms with Crippen LogP contribution in [0, 0.1) is 0 Å². The van der Waals surface area contributed by atoms with E-state index in [-0.39, 0.29) is 5.91 Å². The second kappa shape index (κ2) is 19.2. The van der Waals surface area contributed by atoms with Crippen LogP contribution in [0.3, 0.4) is 0 Å². The molecule has 162 valence electrons. The van der Waals surface area contributed by atoms with E-state index in [0.717, 1.165) is 32.1 Å². The largest absolute Gasteiger partial charge is 0.388 e. The first-order valence-electron chi connectivity index (χ1n) is 11.0. The quantitative estimate of drug-likeness (QED) is 0.180. The predicted molar refractivity (Wildman–Crippen MR) is 127 cm³/mol. The highest BCUT2D eigenvalue weighted by Gasteiger charge is 2.24. The molecule has 0 aromatic rings. The van der Waals surface area contributed by atoms with Gasteiger partial charge in [-0.05, 0) is 32.6 Å². The van der Waals surface area contributed by atoms with Crippen LogP contribution in [0.4, 0.5) is 0 Å². The Morgan fingerprint density at radius 3 is 2.10 bits per heavy atom. The average Bonchev–Trinajstić information content (AvgIpc) is 2.73. The molecule has 0 aliphatic heterocycles. The molecule has 0 aliphatic carbocycles. The minimum Gasteiger partial charge on any atom is -0.388 e. The number of nitrogens with one attached hydrogen (secondary N) is 1. The van der Waals surface area contributed by atoms with Gasteiger partial charge in [0.05, 0.1) is 5.60 Å². The van der Waals surface area contributed by atoms with E-state index in [2.05, 4.69) is 18.3 Å². The Balaban J connectivity index is 4.00. The third-order valence-corrected chi connectivity index (χ3v) is 4.62. The molecule has 0 fully saturated rings. The third kappa shape index (κ3) is 17.7. The Bertz CT molecular complexity index is 582. The molecule has 1 atom stereocenters. The lowest BCUT2D eigenvalue weighted by Gasteiger charge is -2.26. The highest BCUT2D eigenvalue weighted by atomic mass is 16.3. The van der Waals surface area contributed by atoms with E-state index in [0.29, 0.717) is 13.0 Å². The molecule has 0 spiro atoms. The molecule has 0 saturated carbocycles. The van der Waals surface area contributed by atoms with Gasteiger partial charge in [0.1, 0.15) is 0 Å². The molecule has 0 aromatic carbocycles. The van der Waals surface area contributed by atoms with Gasteiger partial charge in [0.2, 0.25) is 5.91 Å². The van der Waals surface area contributed by atoms with Gasteiger partial charge in [0, 0.05) is 12.6 Å². The summed E-state index contributed by atoms with van der Waals surface area (Å²) in [5.41, 5.74) is -0.795. The standard InChI is InChI=1S/C26H41NO2/c1-4-7-9-11-12-13-14-15-16-17-18-19-20-22-25(28)27-24-26(29,6-3)23-21-10-8-5-2/h4,7,9,11-15,18-20,22,29H,5-6,8,10,16-17,21,23-24H2,1-3H3,(H,27,28). The second-order valence-electron chi connectivity index (χ2n) is 7.19. The van der Waals surface area contributed by atoms with Gasteiger partial charge in [-0.15, -0.1) is 0 Å². The molecule has 1 unspecified atom stereocenters. The van der Waals surface area contributed by atoms with Crippen molar-refractivity contribution in [1.82, 2.24) is 5.32 Å². The number of unbranched alkanes of at least 4 members (excludes halogenated alkanes) is 4. The van der Waals surface area contributed by atoms with E-state index in [1.165, 1.54) is 18.9 Å². The van der Waals surface area contributed by atoms with Crippen molar-refractivity contribution >= 4 is 5.91 Å². The highest BCUT2D eigenvalue weighted by Crippen LogP contribution is 2.18. The van der Waals surface area contributed by atoms with Crippen LogP contribution in [0.25, 0.3) is 0 Å². The van der Waals surface area contributed by atoms with E-state index < -0.39 is 5.60 Å². The maximum Gasteiger partial charge on any atom is 0.244 e. The van der Waals surface area contributed by atoms with Crippen molar-refractivity contribution in [3.8, 4) is 0 Å². The van der Waals surface area contributed by atoms with Crippen molar-refractivity contribution in [2.75, 3.05) is 6.54 Å². The molecule has 29 heavy (non-hydrogen) atoms. The maximum atomic E-state index is 11.9. The summed E-state index contributed by atoms with van der Waals surface area (Å²) in [6.07, 6.45) is 31.1. The summed E-state index contributed by atoms with van der Waals surface area (Å²) in [6, 6.07) is 0. The molecule has 0 aromatic heterocycles. The van der Waals surface area contributed by atoms with Crippen molar-refractivity contribution in [3.05, 3.63) is 72.9 Å². The number of allylic oxidation sites excluding steroid dienone is 11. The van der Waals surface area contributed by atoms with Gasteiger partial charge < -0.3 is 10.4 Å². The number of carbonyl (C=O) groups is 1. The molecule has 0 saturated heterocycles. The van der Waals surface area contributed by atoms with Crippen molar-refractivity contribution in [1.29, 1.82) is 0 Å². The molecule has 0 rings (SSSR count). The molecule has 0 aliphatic rings. The molecule has 2 N–H and O–H groups in total. The Hall–Kier alpha value is -2.13. The fourth-order valence-corrected chi connectivity index (χ4v) is 2.63. The average molecular weight is 400 g/mol. The van der Waals surface area contributed by atoms with Gasteiger partial charge in [-0.1, -0.05) is 106 Å². The van der Waals surface area contributed by atoms with Crippen LogP contribution in [0.2, 0.25) is 0 Å². The first-order valence-corrected chi connectivity index (χ1v) is 11.0. The number of rotatable bonds is 16. The van der Waals surface area contributed by atoms with Crippen LogP contribution in [0.15, 0.2) is 72.9 Å². The SMILES string of the molecule is CC=CC=CC=CC=CCCC=CC=CC(=O)NCC(O)(CC)CCCCCC.